The summed E-state index contributed by atoms with van der Waals surface area (Å²) in [6.07, 6.45) is -2.17. The van der Waals surface area contributed by atoms with Crippen molar-refractivity contribution in [3.63, 3.8) is 0 Å². The number of pyridine rings is 1. The van der Waals surface area contributed by atoms with Crippen molar-refractivity contribution < 1.29 is 23.0 Å². The van der Waals surface area contributed by atoms with E-state index in [2.05, 4.69) is 15.2 Å². The van der Waals surface area contributed by atoms with Gasteiger partial charge in [-0.3, -0.25) is 0 Å². The predicted octanol–water partition coefficient (Wildman–Crippen LogP) is 4.35. The van der Waals surface area contributed by atoms with Crippen molar-refractivity contribution in [2.75, 3.05) is 61.1 Å². The minimum absolute atomic E-state index is 0.0327. The third-order valence-electron chi connectivity index (χ3n) is 7.34. The Morgan fingerprint density at radius 2 is 1.67 bits per heavy atom. The molecule has 1 saturated heterocycles. The van der Waals surface area contributed by atoms with Crippen LogP contribution in [0.5, 0.6) is 0 Å². The van der Waals surface area contributed by atoms with E-state index in [0.29, 0.717) is 64.0 Å². The summed E-state index contributed by atoms with van der Waals surface area (Å²) >= 11 is 0. The summed E-state index contributed by atoms with van der Waals surface area (Å²) in [6, 6.07) is 10.2. The topological polar surface area (TPSA) is 86.6 Å². The van der Waals surface area contributed by atoms with Crippen molar-refractivity contribution in [1.29, 1.82) is 0 Å². The Balaban J connectivity index is 1.47. The monoisotopic (exact) mass is 542 g/mol. The van der Waals surface area contributed by atoms with Crippen LogP contribution >= 0.6 is 0 Å². The van der Waals surface area contributed by atoms with E-state index >= 15 is 0 Å². The third kappa shape index (κ3) is 5.94. The van der Waals surface area contributed by atoms with Crippen LogP contribution < -0.4 is 15.1 Å². The van der Waals surface area contributed by atoms with Gasteiger partial charge in [0.05, 0.1) is 31.1 Å². The van der Waals surface area contributed by atoms with E-state index < -0.39 is 11.7 Å². The van der Waals surface area contributed by atoms with E-state index in [1.54, 1.807) is 4.90 Å². The van der Waals surface area contributed by atoms with Gasteiger partial charge in [0.25, 0.3) is 0 Å². The molecule has 208 valence electrons. The van der Waals surface area contributed by atoms with Crippen molar-refractivity contribution in [2.24, 2.45) is 0 Å². The van der Waals surface area contributed by atoms with Crippen LogP contribution in [0.3, 0.4) is 0 Å². The van der Waals surface area contributed by atoms with Gasteiger partial charge >= 0.3 is 6.18 Å². The van der Waals surface area contributed by atoms with E-state index in [9.17, 15) is 18.3 Å². The molecule has 0 spiro atoms. The zero-order valence-electron chi connectivity index (χ0n) is 22.1. The number of aliphatic hydroxyl groups is 1. The minimum atomic E-state index is -4.49. The van der Waals surface area contributed by atoms with Crippen molar-refractivity contribution >= 4 is 23.3 Å². The average Bonchev–Trinajstić information content (AvgIpc) is 3.16. The molecular formula is C28H33F3N6O2. The van der Waals surface area contributed by atoms with Crippen LogP contribution in [0.4, 0.5) is 36.4 Å². The summed E-state index contributed by atoms with van der Waals surface area (Å²) in [7, 11) is 0. The second-order valence-electron chi connectivity index (χ2n) is 10.5. The van der Waals surface area contributed by atoms with Gasteiger partial charge in [0.1, 0.15) is 11.6 Å². The van der Waals surface area contributed by atoms with Crippen LogP contribution in [0.25, 0.3) is 0 Å². The van der Waals surface area contributed by atoms with Crippen LogP contribution in [0, 0.1) is 0 Å². The number of anilines is 4. The zero-order valence-corrected chi connectivity index (χ0v) is 22.1. The molecule has 11 heteroatoms. The summed E-state index contributed by atoms with van der Waals surface area (Å²) in [4.78, 5) is 17.6. The summed E-state index contributed by atoms with van der Waals surface area (Å²) in [5.74, 6) is 1.17. The summed E-state index contributed by atoms with van der Waals surface area (Å²) < 4.78 is 46.7. The fourth-order valence-corrected chi connectivity index (χ4v) is 4.91. The Bertz CT molecular complexity index is 1290. The molecule has 1 fully saturated rings. The number of morpholine rings is 1. The molecular weight excluding hydrogens is 509 g/mol. The van der Waals surface area contributed by atoms with Gasteiger partial charge in [-0.2, -0.15) is 18.2 Å². The number of fused-ring (bicyclic) bond motifs is 1. The molecule has 2 aliphatic rings. The Morgan fingerprint density at radius 1 is 0.949 bits per heavy atom. The van der Waals surface area contributed by atoms with Crippen LogP contribution in [-0.4, -0.2) is 66.1 Å². The molecule has 2 aliphatic heterocycles. The molecule has 3 aromatic rings. The highest BCUT2D eigenvalue weighted by Gasteiger charge is 2.36. The number of ether oxygens (including phenoxy) is 1. The molecule has 0 radical (unpaired) electrons. The third-order valence-corrected chi connectivity index (χ3v) is 7.34. The number of benzene rings is 1. The maximum atomic E-state index is 13.7. The van der Waals surface area contributed by atoms with Gasteiger partial charge in [-0.05, 0) is 36.2 Å². The molecule has 4 heterocycles. The first-order valence-corrected chi connectivity index (χ1v) is 13.1. The molecule has 0 saturated carbocycles. The SMILES string of the molecule is CC(C)(CO)c1ccc(Nc2nc(N3CCOCC3)nc3c2CCN(c2ncccc2C(F)(F)F)CC3)cc1. The largest absolute Gasteiger partial charge is 0.419 e. The second kappa shape index (κ2) is 11.0. The standard InChI is InChI=1S/C28H33F3N6O2/c1-27(2,18-38)19-5-7-20(8-6-19)33-24-21-9-12-36(25-22(28(29,30)31)4-3-11-32-25)13-10-23(21)34-26(35-24)37-14-16-39-17-15-37/h3-8,11,38H,9-10,12-18H2,1-2H3,(H,33,34,35). The molecule has 2 N–H and O–H groups in total. The van der Waals surface area contributed by atoms with Crippen molar-refractivity contribution in [3.8, 4) is 0 Å². The highest BCUT2D eigenvalue weighted by Crippen LogP contribution is 2.36. The number of hydrogen-bond acceptors (Lipinski definition) is 8. The van der Waals surface area contributed by atoms with Gasteiger partial charge in [-0.25, -0.2) is 9.97 Å². The fraction of sp³-hybridized carbons (Fsp3) is 0.464. The van der Waals surface area contributed by atoms with E-state index in [4.69, 9.17) is 14.7 Å². The van der Waals surface area contributed by atoms with Gasteiger partial charge in [0.2, 0.25) is 5.95 Å². The molecule has 5 rings (SSSR count). The number of hydrogen-bond donors (Lipinski definition) is 2. The highest BCUT2D eigenvalue weighted by atomic mass is 19.4. The number of nitrogens with zero attached hydrogens (tertiary/aromatic N) is 5. The molecule has 0 aliphatic carbocycles. The maximum Gasteiger partial charge on any atom is 0.419 e. The van der Waals surface area contributed by atoms with Crippen LogP contribution in [0.15, 0.2) is 42.6 Å². The quantitative estimate of drug-likeness (QED) is 0.476. The first-order chi connectivity index (χ1) is 18.7. The molecule has 0 amide bonds. The summed E-state index contributed by atoms with van der Waals surface area (Å²) in [5.41, 5.74) is 2.44. The highest BCUT2D eigenvalue weighted by molar-refractivity contribution is 5.63. The van der Waals surface area contributed by atoms with Gasteiger partial charge in [-0.15, -0.1) is 0 Å². The molecule has 1 aromatic carbocycles. The first kappa shape index (κ1) is 27.1. The number of rotatable bonds is 6. The molecule has 2 aromatic heterocycles. The Labute approximate surface area is 225 Å². The normalized spacial score (nSPS) is 16.6. The minimum Gasteiger partial charge on any atom is -0.395 e. The molecule has 0 bridgehead atoms. The lowest BCUT2D eigenvalue weighted by Gasteiger charge is -2.28. The molecule has 39 heavy (non-hydrogen) atoms. The molecule has 8 nitrogen and oxygen atoms in total. The number of aliphatic hydroxyl groups excluding tert-OH is 1. The number of alkyl halides is 3. The number of aromatic nitrogens is 3. The Hall–Kier alpha value is -3.44. The lowest BCUT2D eigenvalue weighted by Crippen LogP contribution is -2.37. The Morgan fingerprint density at radius 3 is 2.36 bits per heavy atom. The lowest BCUT2D eigenvalue weighted by atomic mass is 9.85. The van der Waals surface area contributed by atoms with Gasteiger partial charge < -0.3 is 25.0 Å². The molecule has 0 atom stereocenters. The summed E-state index contributed by atoms with van der Waals surface area (Å²) in [5, 5.41) is 13.2. The van der Waals surface area contributed by atoms with Gasteiger partial charge in [-0.1, -0.05) is 26.0 Å². The Kier molecular flexibility index (Phi) is 7.64. The van der Waals surface area contributed by atoms with E-state index in [1.807, 2.05) is 38.1 Å². The van der Waals surface area contributed by atoms with Crippen LogP contribution in [0.1, 0.15) is 36.2 Å². The van der Waals surface area contributed by atoms with Gasteiger partial charge in [0, 0.05) is 55.5 Å². The average molecular weight is 543 g/mol. The van der Waals surface area contributed by atoms with Crippen LogP contribution in [0.2, 0.25) is 0 Å². The second-order valence-corrected chi connectivity index (χ2v) is 10.5. The number of nitrogens with one attached hydrogen (secondary N) is 1. The van der Waals surface area contributed by atoms with Gasteiger partial charge in [0.15, 0.2) is 0 Å². The zero-order chi connectivity index (χ0) is 27.6. The molecule has 0 unspecified atom stereocenters. The maximum absolute atomic E-state index is 13.7. The predicted molar refractivity (Wildman–Crippen MR) is 144 cm³/mol. The van der Waals surface area contributed by atoms with E-state index in [1.165, 1.54) is 12.3 Å². The van der Waals surface area contributed by atoms with Crippen molar-refractivity contribution in [3.05, 3.63) is 65.0 Å². The summed E-state index contributed by atoms with van der Waals surface area (Å²) in [6.45, 7) is 7.19. The lowest BCUT2D eigenvalue weighted by molar-refractivity contribution is -0.137. The van der Waals surface area contributed by atoms with E-state index in [-0.39, 0.29) is 17.8 Å². The number of halogens is 3. The smallest absolute Gasteiger partial charge is 0.395 e. The fourth-order valence-electron chi connectivity index (χ4n) is 4.91. The van der Waals surface area contributed by atoms with E-state index in [0.717, 1.165) is 28.6 Å². The first-order valence-electron chi connectivity index (χ1n) is 13.1. The van der Waals surface area contributed by atoms with Crippen LogP contribution in [-0.2, 0) is 29.2 Å². The van der Waals surface area contributed by atoms with Crippen molar-refractivity contribution in [2.45, 2.75) is 38.3 Å². The van der Waals surface area contributed by atoms with Crippen molar-refractivity contribution in [1.82, 2.24) is 15.0 Å².